The predicted octanol–water partition coefficient (Wildman–Crippen LogP) is 4.78. The summed E-state index contributed by atoms with van der Waals surface area (Å²) < 4.78 is 0. The Bertz CT molecular complexity index is 426. The fourth-order valence-electron chi connectivity index (χ4n) is 2.07. The number of anilines is 1. The first-order valence-corrected chi connectivity index (χ1v) is 9.13. The average Bonchev–Trinajstić information content (AvgIpc) is 2.89. The van der Waals surface area contributed by atoms with Crippen LogP contribution in [0, 0.1) is 0 Å². The van der Waals surface area contributed by atoms with Crippen LogP contribution in [0.1, 0.15) is 77.3 Å². The molecule has 0 saturated heterocycles. The van der Waals surface area contributed by atoms with E-state index in [-0.39, 0.29) is 5.54 Å². The molecule has 1 rings (SSSR count). The molecule has 122 valence electrons. The van der Waals surface area contributed by atoms with Crippen molar-refractivity contribution in [1.82, 2.24) is 10.3 Å². The molecule has 4 heteroatoms. The smallest absolute Gasteiger partial charge is 0.186 e. The van der Waals surface area contributed by atoms with Crippen molar-refractivity contribution in [2.24, 2.45) is 0 Å². The van der Waals surface area contributed by atoms with E-state index >= 15 is 0 Å². The van der Waals surface area contributed by atoms with Gasteiger partial charge in [-0.25, -0.2) is 4.98 Å². The Morgan fingerprint density at radius 3 is 2.48 bits per heavy atom. The molecule has 1 atom stereocenters. The van der Waals surface area contributed by atoms with Crippen molar-refractivity contribution in [2.75, 3.05) is 18.5 Å². The van der Waals surface area contributed by atoms with Crippen molar-refractivity contribution in [3.63, 3.8) is 0 Å². The summed E-state index contributed by atoms with van der Waals surface area (Å²) in [5, 5.41) is 4.69. The molecule has 21 heavy (non-hydrogen) atoms. The summed E-state index contributed by atoms with van der Waals surface area (Å²) in [4.78, 5) is 8.73. The van der Waals surface area contributed by atoms with E-state index in [1.54, 1.807) is 0 Å². The van der Waals surface area contributed by atoms with Gasteiger partial charge in [-0.05, 0) is 45.6 Å². The van der Waals surface area contributed by atoms with Crippen LogP contribution in [0.5, 0.6) is 0 Å². The third-order valence-electron chi connectivity index (χ3n) is 4.57. The van der Waals surface area contributed by atoms with Gasteiger partial charge in [-0.3, -0.25) is 0 Å². The van der Waals surface area contributed by atoms with Gasteiger partial charge in [0.25, 0.3) is 0 Å². The highest BCUT2D eigenvalue weighted by atomic mass is 32.1. The maximum absolute atomic E-state index is 4.98. The second kappa shape index (κ2) is 8.14. The van der Waals surface area contributed by atoms with E-state index in [0.717, 1.165) is 31.1 Å². The van der Waals surface area contributed by atoms with Gasteiger partial charge in [-0.2, -0.15) is 0 Å². The molecule has 0 fully saturated rings. The molecule has 0 saturated carbocycles. The second-order valence-corrected chi connectivity index (χ2v) is 7.58. The van der Waals surface area contributed by atoms with Crippen molar-refractivity contribution in [2.45, 2.75) is 78.8 Å². The lowest BCUT2D eigenvalue weighted by atomic mass is 10.0. The Morgan fingerprint density at radius 1 is 1.29 bits per heavy atom. The van der Waals surface area contributed by atoms with Crippen molar-refractivity contribution >= 4 is 16.5 Å². The third kappa shape index (κ3) is 4.68. The van der Waals surface area contributed by atoms with Crippen LogP contribution in [0.15, 0.2) is 0 Å². The van der Waals surface area contributed by atoms with Gasteiger partial charge in [0, 0.05) is 24.0 Å². The third-order valence-corrected chi connectivity index (χ3v) is 5.72. The monoisotopic (exact) mass is 311 g/mol. The Hall–Kier alpha value is -0.610. The number of thiazole rings is 1. The molecule has 0 bridgehead atoms. The minimum atomic E-state index is 0.151. The molecule has 0 amide bonds. The minimum Gasteiger partial charge on any atom is -0.346 e. The van der Waals surface area contributed by atoms with E-state index in [4.69, 9.17) is 4.98 Å². The molecule has 0 aliphatic carbocycles. The number of hydrogen-bond acceptors (Lipinski definition) is 4. The first-order valence-electron chi connectivity index (χ1n) is 8.31. The van der Waals surface area contributed by atoms with Gasteiger partial charge in [0.1, 0.15) is 0 Å². The van der Waals surface area contributed by atoms with Crippen molar-refractivity contribution < 1.29 is 0 Å². The number of hydrogen-bond donors (Lipinski definition) is 1. The zero-order chi connectivity index (χ0) is 16.0. The molecular weight excluding hydrogens is 278 g/mol. The lowest BCUT2D eigenvalue weighted by molar-refractivity contribution is 0.469. The first-order chi connectivity index (χ1) is 9.87. The maximum Gasteiger partial charge on any atom is 0.186 e. The standard InChI is InChI=1S/C17H33N3S/c1-8-11-18-12-14-15(13(4)9-2)19-16(21-14)20(7)17(5,6)10-3/h13,18H,8-12H2,1-7H3. The van der Waals surface area contributed by atoms with Gasteiger partial charge in [0.2, 0.25) is 0 Å². The van der Waals surface area contributed by atoms with E-state index in [1.807, 2.05) is 11.3 Å². The lowest BCUT2D eigenvalue weighted by Gasteiger charge is -2.34. The molecular formula is C17H33N3S. The molecule has 0 radical (unpaired) electrons. The Labute approximate surface area is 135 Å². The molecule has 0 spiro atoms. The van der Waals surface area contributed by atoms with Crippen LogP contribution in [-0.2, 0) is 6.54 Å². The Balaban J connectivity index is 3.01. The lowest BCUT2D eigenvalue weighted by Crippen LogP contribution is -2.40. The van der Waals surface area contributed by atoms with Gasteiger partial charge in [-0.15, -0.1) is 11.3 Å². The van der Waals surface area contributed by atoms with Gasteiger partial charge >= 0.3 is 0 Å². The van der Waals surface area contributed by atoms with Crippen LogP contribution in [0.2, 0.25) is 0 Å². The normalized spacial score (nSPS) is 13.5. The summed E-state index contributed by atoms with van der Waals surface area (Å²) >= 11 is 1.86. The van der Waals surface area contributed by atoms with Crippen molar-refractivity contribution in [1.29, 1.82) is 0 Å². The summed E-state index contributed by atoms with van der Waals surface area (Å²) in [7, 11) is 2.17. The van der Waals surface area contributed by atoms with Gasteiger partial charge in [0.15, 0.2) is 5.13 Å². The highest BCUT2D eigenvalue weighted by Gasteiger charge is 2.26. The Kier molecular flexibility index (Phi) is 7.14. The molecule has 1 aromatic rings. The zero-order valence-corrected chi connectivity index (χ0v) is 15.7. The van der Waals surface area contributed by atoms with Crippen LogP contribution < -0.4 is 10.2 Å². The number of nitrogens with zero attached hydrogens (tertiary/aromatic N) is 2. The summed E-state index contributed by atoms with van der Waals surface area (Å²) in [5.74, 6) is 0.534. The topological polar surface area (TPSA) is 28.2 Å². The molecule has 1 unspecified atom stereocenters. The predicted molar refractivity (Wildman–Crippen MR) is 95.6 cm³/mol. The van der Waals surface area contributed by atoms with Crippen LogP contribution in [0.25, 0.3) is 0 Å². The molecule has 1 aromatic heterocycles. The summed E-state index contributed by atoms with van der Waals surface area (Å²) in [5.41, 5.74) is 1.44. The number of rotatable bonds is 9. The SMILES string of the molecule is CCCNCc1sc(N(C)C(C)(C)CC)nc1C(C)CC. The van der Waals surface area contributed by atoms with Crippen LogP contribution in [0.3, 0.4) is 0 Å². The fraction of sp³-hybridized carbons (Fsp3) is 0.824. The van der Waals surface area contributed by atoms with Crippen LogP contribution >= 0.6 is 11.3 Å². The number of aromatic nitrogens is 1. The quantitative estimate of drug-likeness (QED) is 0.665. The van der Waals surface area contributed by atoms with Crippen molar-refractivity contribution in [3.8, 4) is 0 Å². The summed E-state index contributed by atoms with van der Waals surface area (Å²) in [6, 6.07) is 0. The first kappa shape index (κ1) is 18.4. The second-order valence-electron chi connectivity index (χ2n) is 6.52. The molecule has 1 heterocycles. The van der Waals surface area contributed by atoms with Crippen molar-refractivity contribution in [3.05, 3.63) is 10.6 Å². The van der Waals surface area contributed by atoms with E-state index in [9.17, 15) is 0 Å². The Morgan fingerprint density at radius 2 is 1.95 bits per heavy atom. The van der Waals surface area contributed by atoms with Gasteiger partial charge in [0.05, 0.1) is 5.69 Å². The highest BCUT2D eigenvalue weighted by Crippen LogP contribution is 2.34. The summed E-state index contributed by atoms with van der Waals surface area (Å²) in [6.45, 7) is 15.6. The van der Waals surface area contributed by atoms with Gasteiger partial charge in [-0.1, -0.05) is 27.7 Å². The molecule has 0 aliphatic heterocycles. The van der Waals surface area contributed by atoms with Gasteiger partial charge < -0.3 is 10.2 Å². The number of nitrogens with one attached hydrogen (secondary N) is 1. The fourth-order valence-corrected chi connectivity index (χ4v) is 3.35. The summed E-state index contributed by atoms with van der Waals surface area (Å²) in [6.07, 6.45) is 3.43. The van der Waals surface area contributed by atoms with E-state index in [1.165, 1.54) is 17.0 Å². The average molecular weight is 312 g/mol. The van der Waals surface area contributed by atoms with Crippen LogP contribution in [0.4, 0.5) is 5.13 Å². The molecule has 0 aromatic carbocycles. The maximum atomic E-state index is 4.98. The molecule has 1 N–H and O–H groups in total. The van der Waals surface area contributed by atoms with Crippen LogP contribution in [-0.4, -0.2) is 24.1 Å². The zero-order valence-electron chi connectivity index (χ0n) is 14.9. The molecule has 0 aliphatic rings. The minimum absolute atomic E-state index is 0.151. The molecule has 3 nitrogen and oxygen atoms in total. The highest BCUT2D eigenvalue weighted by molar-refractivity contribution is 7.15. The van der Waals surface area contributed by atoms with E-state index in [2.05, 4.69) is 58.8 Å². The van der Waals surface area contributed by atoms with E-state index in [0.29, 0.717) is 5.92 Å². The van der Waals surface area contributed by atoms with E-state index < -0.39 is 0 Å². The largest absolute Gasteiger partial charge is 0.346 e.